The van der Waals surface area contributed by atoms with Gasteiger partial charge in [0.15, 0.2) is 5.78 Å². The molecule has 0 bridgehead atoms. The summed E-state index contributed by atoms with van der Waals surface area (Å²) in [5, 5.41) is 0. The molecule has 114 valence electrons. The first kappa shape index (κ1) is 14.5. The Morgan fingerprint density at radius 2 is 1.86 bits per heavy atom. The van der Waals surface area contributed by atoms with Gasteiger partial charge in [0.1, 0.15) is 0 Å². The number of ketones is 1. The van der Waals surface area contributed by atoms with Crippen LogP contribution in [0, 0.1) is 17.3 Å². The van der Waals surface area contributed by atoms with E-state index in [9.17, 15) is 4.79 Å². The molecule has 0 unspecified atom stereocenters. The minimum atomic E-state index is 0.0121. The molecule has 0 amide bonds. The van der Waals surface area contributed by atoms with E-state index >= 15 is 0 Å². The van der Waals surface area contributed by atoms with E-state index in [1.165, 1.54) is 6.42 Å². The molecular formula is C17H25N3O. The number of anilines is 1. The number of hydrogen-bond donors (Lipinski definition) is 0. The van der Waals surface area contributed by atoms with E-state index in [4.69, 9.17) is 4.98 Å². The maximum atomic E-state index is 12.2. The van der Waals surface area contributed by atoms with E-state index in [1.807, 2.05) is 0 Å². The predicted octanol–water partition coefficient (Wildman–Crippen LogP) is 3.11. The largest absolute Gasteiger partial charge is 0.340 e. The first-order chi connectivity index (χ1) is 9.84. The van der Waals surface area contributed by atoms with Gasteiger partial charge in [0.25, 0.3) is 0 Å². The molecule has 1 aliphatic carbocycles. The lowest BCUT2D eigenvalue weighted by molar-refractivity contribution is 0.0909. The molecule has 2 atom stereocenters. The van der Waals surface area contributed by atoms with Crippen molar-refractivity contribution in [3.8, 4) is 0 Å². The molecule has 0 spiro atoms. The lowest BCUT2D eigenvalue weighted by Crippen LogP contribution is -2.40. The highest BCUT2D eigenvalue weighted by atomic mass is 16.1. The second-order valence-corrected chi connectivity index (χ2v) is 7.82. The van der Waals surface area contributed by atoms with Crippen molar-refractivity contribution in [2.75, 3.05) is 18.0 Å². The van der Waals surface area contributed by atoms with E-state index in [1.54, 1.807) is 6.20 Å². The first-order valence-corrected chi connectivity index (χ1v) is 7.98. The molecule has 1 aliphatic heterocycles. The third-order valence-electron chi connectivity index (χ3n) is 4.59. The van der Waals surface area contributed by atoms with Gasteiger partial charge in [0.2, 0.25) is 5.95 Å². The Labute approximate surface area is 127 Å². The van der Waals surface area contributed by atoms with Crippen molar-refractivity contribution < 1.29 is 4.79 Å². The number of carbonyl (C=O) groups is 1. The molecule has 0 saturated carbocycles. The van der Waals surface area contributed by atoms with Gasteiger partial charge in [-0.3, -0.25) is 4.79 Å². The molecule has 3 rings (SSSR count). The van der Waals surface area contributed by atoms with Gasteiger partial charge >= 0.3 is 0 Å². The van der Waals surface area contributed by atoms with Gasteiger partial charge in [-0.1, -0.05) is 27.7 Å². The fourth-order valence-corrected chi connectivity index (χ4v) is 3.80. The molecule has 2 heterocycles. The van der Waals surface area contributed by atoms with Crippen LogP contribution in [-0.2, 0) is 6.42 Å². The summed E-state index contributed by atoms with van der Waals surface area (Å²) < 4.78 is 0. The minimum absolute atomic E-state index is 0.0121. The van der Waals surface area contributed by atoms with E-state index in [2.05, 4.69) is 37.6 Å². The average Bonchev–Trinajstić information content (AvgIpc) is 2.35. The number of piperidine rings is 1. The predicted molar refractivity (Wildman–Crippen MR) is 83.6 cm³/mol. The third-order valence-corrected chi connectivity index (χ3v) is 4.59. The number of fused-ring (bicyclic) bond motifs is 1. The topological polar surface area (TPSA) is 46.1 Å². The lowest BCUT2D eigenvalue weighted by atomic mass is 9.76. The Morgan fingerprint density at radius 3 is 2.52 bits per heavy atom. The molecular weight excluding hydrogens is 262 g/mol. The molecule has 1 saturated heterocycles. The van der Waals surface area contributed by atoms with Crippen molar-refractivity contribution in [3.05, 3.63) is 17.5 Å². The Hall–Kier alpha value is -1.45. The van der Waals surface area contributed by atoms with Gasteiger partial charge < -0.3 is 4.90 Å². The van der Waals surface area contributed by atoms with Crippen LogP contribution in [0.25, 0.3) is 0 Å². The van der Waals surface area contributed by atoms with Crippen molar-refractivity contribution in [2.45, 2.75) is 47.0 Å². The summed E-state index contributed by atoms with van der Waals surface area (Å²) in [7, 11) is 0. The minimum Gasteiger partial charge on any atom is -0.340 e. The Bertz CT molecular complexity index is 557. The molecule has 1 aromatic rings. The highest BCUT2D eigenvalue weighted by Crippen LogP contribution is 2.34. The zero-order valence-electron chi connectivity index (χ0n) is 13.5. The van der Waals surface area contributed by atoms with Crippen LogP contribution in [0.4, 0.5) is 5.95 Å². The standard InChI is InChI=1S/C17H25N3O/c1-11-5-12(2)10-20(9-11)16-18-8-13-14(19-16)6-17(3,4)7-15(13)21/h8,11-12H,5-7,9-10H2,1-4H3/t11-,12+. The molecule has 4 nitrogen and oxygen atoms in total. The molecule has 0 radical (unpaired) electrons. The van der Waals surface area contributed by atoms with Gasteiger partial charge in [-0.25, -0.2) is 9.97 Å². The zero-order chi connectivity index (χ0) is 15.2. The maximum Gasteiger partial charge on any atom is 0.225 e. The highest BCUT2D eigenvalue weighted by Gasteiger charge is 2.33. The van der Waals surface area contributed by atoms with Crippen LogP contribution in [0.15, 0.2) is 6.20 Å². The van der Waals surface area contributed by atoms with Crippen LogP contribution >= 0.6 is 0 Å². The van der Waals surface area contributed by atoms with Crippen molar-refractivity contribution >= 4 is 11.7 Å². The fourth-order valence-electron chi connectivity index (χ4n) is 3.80. The molecule has 1 aromatic heterocycles. The summed E-state index contributed by atoms with van der Waals surface area (Å²) in [6.07, 6.45) is 4.48. The molecule has 0 N–H and O–H groups in total. The molecule has 4 heteroatoms. The normalized spacial score (nSPS) is 28.4. The van der Waals surface area contributed by atoms with Crippen LogP contribution in [0.3, 0.4) is 0 Å². The van der Waals surface area contributed by atoms with E-state index in [0.717, 1.165) is 36.7 Å². The fraction of sp³-hybridized carbons (Fsp3) is 0.706. The summed E-state index contributed by atoms with van der Waals surface area (Å²) in [6.45, 7) is 10.9. The summed E-state index contributed by atoms with van der Waals surface area (Å²) in [5.74, 6) is 2.34. The van der Waals surface area contributed by atoms with Crippen LogP contribution in [0.1, 0.15) is 56.6 Å². The second kappa shape index (κ2) is 5.08. The van der Waals surface area contributed by atoms with E-state index < -0.39 is 0 Å². The lowest BCUT2D eigenvalue weighted by Gasteiger charge is -2.36. The SMILES string of the molecule is C[C@@H]1C[C@H](C)CN(c2ncc3c(n2)CC(C)(C)CC3=O)C1. The highest BCUT2D eigenvalue weighted by molar-refractivity contribution is 5.98. The molecule has 0 aromatic carbocycles. The number of rotatable bonds is 1. The van der Waals surface area contributed by atoms with Gasteiger partial charge in [-0.15, -0.1) is 0 Å². The number of nitrogens with zero attached hydrogens (tertiary/aromatic N) is 3. The van der Waals surface area contributed by atoms with E-state index in [0.29, 0.717) is 18.3 Å². The number of hydrogen-bond acceptors (Lipinski definition) is 4. The summed E-state index contributed by atoms with van der Waals surface area (Å²) in [5.41, 5.74) is 1.68. The van der Waals surface area contributed by atoms with Crippen molar-refractivity contribution in [2.24, 2.45) is 17.3 Å². The molecule has 21 heavy (non-hydrogen) atoms. The third kappa shape index (κ3) is 2.94. The zero-order valence-corrected chi connectivity index (χ0v) is 13.5. The van der Waals surface area contributed by atoms with Crippen LogP contribution in [-0.4, -0.2) is 28.8 Å². The van der Waals surface area contributed by atoms with Gasteiger partial charge in [-0.05, 0) is 30.1 Å². The van der Waals surface area contributed by atoms with Crippen LogP contribution < -0.4 is 4.90 Å². The monoisotopic (exact) mass is 287 g/mol. The average molecular weight is 287 g/mol. The van der Waals surface area contributed by atoms with Crippen molar-refractivity contribution in [1.82, 2.24) is 9.97 Å². The number of Topliss-reactive ketones (excluding diaryl/α,β-unsaturated/α-hetero) is 1. The van der Waals surface area contributed by atoms with Crippen molar-refractivity contribution in [1.29, 1.82) is 0 Å². The van der Waals surface area contributed by atoms with Crippen LogP contribution in [0.2, 0.25) is 0 Å². The summed E-state index contributed by atoms with van der Waals surface area (Å²) >= 11 is 0. The van der Waals surface area contributed by atoms with E-state index in [-0.39, 0.29) is 11.2 Å². The van der Waals surface area contributed by atoms with Gasteiger partial charge in [0, 0.05) is 25.7 Å². The molecule has 1 fully saturated rings. The second-order valence-electron chi connectivity index (χ2n) is 7.82. The number of carbonyl (C=O) groups excluding carboxylic acids is 1. The quantitative estimate of drug-likeness (QED) is 0.796. The Morgan fingerprint density at radius 1 is 1.19 bits per heavy atom. The van der Waals surface area contributed by atoms with Crippen LogP contribution in [0.5, 0.6) is 0 Å². The maximum absolute atomic E-state index is 12.2. The summed E-state index contributed by atoms with van der Waals surface area (Å²) in [4.78, 5) is 23.7. The smallest absolute Gasteiger partial charge is 0.225 e. The Kier molecular flexibility index (Phi) is 3.50. The molecule has 2 aliphatic rings. The van der Waals surface area contributed by atoms with Gasteiger partial charge in [-0.2, -0.15) is 0 Å². The van der Waals surface area contributed by atoms with Gasteiger partial charge in [0.05, 0.1) is 11.3 Å². The summed E-state index contributed by atoms with van der Waals surface area (Å²) in [6, 6.07) is 0. The Balaban J connectivity index is 1.91. The number of aromatic nitrogens is 2. The first-order valence-electron chi connectivity index (χ1n) is 7.98. The van der Waals surface area contributed by atoms with Crippen molar-refractivity contribution in [3.63, 3.8) is 0 Å².